The summed E-state index contributed by atoms with van der Waals surface area (Å²) in [6, 6.07) is 13.1. The van der Waals surface area contributed by atoms with Crippen LogP contribution in [0.1, 0.15) is 12.1 Å². The molecule has 29 heavy (non-hydrogen) atoms. The maximum Gasteiger partial charge on any atom is 0.225 e. The van der Waals surface area contributed by atoms with Crippen molar-refractivity contribution in [3.63, 3.8) is 0 Å². The molecule has 3 aromatic rings. The van der Waals surface area contributed by atoms with Crippen LogP contribution in [-0.2, 0) is 14.6 Å². The van der Waals surface area contributed by atoms with Gasteiger partial charge < -0.3 is 14.6 Å². The average molecular weight is 435 g/mol. The molecule has 7 nitrogen and oxygen atoms in total. The molecular formula is C20H19ClN2O5S. The molecule has 2 aromatic carbocycles. The van der Waals surface area contributed by atoms with E-state index in [0.717, 1.165) is 0 Å². The molecule has 0 aliphatic carbocycles. The molecule has 0 saturated carbocycles. The Hall–Kier alpha value is -2.84. The third kappa shape index (κ3) is 4.96. The van der Waals surface area contributed by atoms with Crippen LogP contribution >= 0.6 is 11.6 Å². The molecule has 0 radical (unpaired) electrons. The molecule has 152 valence electrons. The molecule has 1 aromatic heterocycles. The standard InChI is InChI=1S/C20H19ClN2O5S/c1-13-11-18(28-23-13)14-7-8-17(27-2)19(12-14)29(25,26)10-9-20(24)22-16-6-4-3-5-15(16)21/h3-8,11-12H,9-10H2,1-2H3,(H,22,24). The minimum atomic E-state index is -3.81. The zero-order valence-corrected chi connectivity index (χ0v) is 17.4. The van der Waals surface area contributed by atoms with Gasteiger partial charge in [-0.2, -0.15) is 0 Å². The van der Waals surface area contributed by atoms with Crippen molar-refractivity contribution in [1.29, 1.82) is 0 Å². The SMILES string of the molecule is COc1ccc(-c2cc(C)no2)cc1S(=O)(=O)CCC(=O)Nc1ccccc1Cl. The predicted octanol–water partition coefficient (Wildman–Crippen LogP) is 4.11. The number of benzene rings is 2. The lowest BCUT2D eigenvalue weighted by atomic mass is 10.1. The second kappa shape index (κ2) is 8.67. The van der Waals surface area contributed by atoms with Gasteiger partial charge in [0, 0.05) is 18.1 Å². The Morgan fingerprint density at radius 2 is 1.97 bits per heavy atom. The Morgan fingerprint density at radius 3 is 2.62 bits per heavy atom. The highest BCUT2D eigenvalue weighted by atomic mass is 35.5. The number of sulfone groups is 1. The fourth-order valence-electron chi connectivity index (χ4n) is 2.68. The van der Waals surface area contributed by atoms with Gasteiger partial charge in [-0.05, 0) is 37.3 Å². The summed E-state index contributed by atoms with van der Waals surface area (Å²) in [5, 5.41) is 6.80. The van der Waals surface area contributed by atoms with E-state index in [2.05, 4.69) is 10.5 Å². The highest BCUT2D eigenvalue weighted by molar-refractivity contribution is 7.91. The smallest absolute Gasteiger partial charge is 0.225 e. The van der Waals surface area contributed by atoms with Gasteiger partial charge in [-0.15, -0.1) is 0 Å². The predicted molar refractivity (Wildman–Crippen MR) is 110 cm³/mol. The molecule has 0 bridgehead atoms. The molecular weight excluding hydrogens is 416 g/mol. The van der Waals surface area contributed by atoms with Gasteiger partial charge in [-0.1, -0.05) is 28.9 Å². The van der Waals surface area contributed by atoms with E-state index in [-0.39, 0.29) is 17.1 Å². The van der Waals surface area contributed by atoms with E-state index in [9.17, 15) is 13.2 Å². The first-order valence-electron chi connectivity index (χ1n) is 8.69. The van der Waals surface area contributed by atoms with Gasteiger partial charge in [0.25, 0.3) is 0 Å². The van der Waals surface area contributed by atoms with Gasteiger partial charge in [0.15, 0.2) is 15.6 Å². The molecule has 0 aliphatic heterocycles. The van der Waals surface area contributed by atoms with Gasteiger partial charge in [-0.3, -0.25) is 4.79 Å². The van der Waals surface area contributed by atoms with Crippen molar-refractivity contribution < 1.29 is 22.5 Å². The fraction of sp³-hybridized carbons (Fsp3) is 0.200. The molecule has 0 spiro atoms. The Labute approximate surface area is 173 Å². The monoisotopic (exact) mass is 434 g/mol. The van der Waals surface area contributed by atoms with Gasteiger partial charge in [0.1, 0.15) is 10.6 Å². The van der Waals surface area contributed by atoms with Crippen LogP contribution in [-0.4, -0.2) is 32.3 Å². The van der Waals surface area contributed by atoms with E-state index in [4.69, 9.17) is 20.9 Å². The lowest BCUT2D eigenvalue weighted by Crippen LogP contribution is -2.18. The number of hydrogen-bond acceptors (Lipinski definition) is 6. The largest absolute Gasteiger partial charge is 0.495 e. The summed E-state index contributed by atoms with van der Waals surface area (Å²) in [5.74, 6) is -0.212. The van der Waals surface area contributed by atoms with Crippen LogP contribution < -0.4 is 10.1 Å². The van der Waals surface area contributed by atoms with Gasteiger partial charge in [0.2, 0.25) is 5.91 Å². The van der Waals surface area contributed by atoms with Crippen LogP contribution in [0.2, 0.25) is 5.02 Å². The molecule has 1 amide bonds. The van der Waals surface area contributed by atoms with E-state index in [1.165, 1.54) is 13.2 Å². The number of ether oxygens (including phenoxy) is 1. The van der Waals surface area contributed by atoms with Gasteiger partial charge >= 0.3 is 0 Å². The molecule has 0 unspecified atom stereocenters. The number of rotatable bonds is 7. The molecule has 3 rings (SSSR count). The number of halogens is 1. The minimum absolute atomic E-state index is 0.0166. The number of nitrogens with zero attached hydrogens (tertiary/aromatic N) is 1. The number of aromatic nitrogens is 1. The number of hydrogen-bond donors (Lipinski definition) is 1. The molecule has 1 N–H and O–H groups in total. The van der Waals surface area contributed by atoms with Gasteiger partial charge in [-0.25, -0.2) is 8.42 Å². The van der Waals surface area contributed by atoms with E-state index in [1.54, 1.807) is 49.4 Å². The summed E-state index contributed by atoms with van der Waals surface area (Å²) in [7, 11) is -2.42. The summed E-state index contributed by atoms with van der Waals surface area (Å²) in [6.07, 6.45) is -0.234. The second-order valence-corrected chi connectivity index (χ2v) is 8.78. The van der Waals surface area contributed by atoms with E-state index < -0.39 is 21.5 Å². The maximum atomic E-state index is 12.9. The number of carbonyl (C=O) groups is 1. The normalized spacial score (nSPS) is 11.3. The summed E-state index contributed by atoms with van der Waals surface area (Å²) in [4.78, 5) is 12.2. The average Bonchev–Trinajstić information content (AvgIpc) is 3.14. The molecule has 1 heterocycles. The van der Waals surface area contributed by atoms with E-state index >= 15 is 0 Å². The summed E-state index contributed by atoms with van der Waals surface area (Å²) >= 11 is 6.01. The molecule has 0 aliphatic rings. The van der Waals surface area contributed by atoms with Crippen LogP contribution in [0.3, 0.4) is 0 Å². The second-order valence-electron chi connectivity index (χ2n) is 6.30. The minimum Gasteiger partial charge on any atom is -0.495 e. The van der Waals surface area contributed by atoms with Crippen LogP contribution in [0.25, 0.3) is 11.3 Å². The van der Waals surface area contributed by atoms with E-state index in [1.807, 2.05) is 0 Å². The lowest BCUT2D eigenvalue weighted by molar-refractivity contribution is -0.115. The number of aryl methyl sites for hydroxylation is 1. The van der Waals surface area contributed by atoms with Crippen LogP contribution in [0.4, 0.5) is 5.69 Å². The fourth-order valence-corrected chi connectivity index (χ4v) is 4.31. The first-order valence-corrected chi connectivity index (χ1v) is 10.7. The summed E-state index contributed by atoms with van der Waals surface area (Å²) < 4.78 is 36.2. The molecule has 9 heteroatoms. The summed E-state index contributed by atoms with van der Waals surface area (Å²) in [5.41, 5.74) is 1.65. The Bertz CT molecular complexity index is 1140. The van der Waals surface area contributed by atoms with Crippen molar-refractivity contribution >= 4 is 33.0 Å². The maximum absolute atomic E-state index is 12.9. The number of para-hydroxylation sites is 1. The van der Waals surface area contributed by atoms with Crippen molar-refractivity contribution in [2.24, 2.45) is 0 Å². The van der Waals surface area contributed by atoms with Crippen molar-refractivity contribution in [1.82, 2.24) is 5.16 Å². The third-order valence-electron chi connectivity index (χ3n) is 4.16. The quantitative estimate of drug-likeness (QED) is 0.600. The molecule has 0 fully saturated rings. The highest BCUT2D eigenvalue weighted by Crippen LogP contribution is 2.31. The third-order valence-corrected chi connectivity index (χ3v) is 6.22. The number of amides is 1. The Balaban J connectivity index is 1.79. The first-order chi connectivity index (χ1) is 13.8. The van der Waals surface area contributed by atoms with Crippen molar-refractivity contribution in [3.05, 3.63) is 59.2 Å². The zero-order chi connectivity index (χ0) is 21.0. The number of nitrogens with one attached hydrogen (secondary N) is 1. The van der Waals surface area contributed by atoms with E-state index in [0.29, 0.717) is 27.7 Å². The van der Waals surface area contributed by atoms with Crippen molar-refractivity contribution in [2.75, 3.05) is 18.2 Å². The number of anilines is 1. The summed E-state index contributed by atoms with van der Waals surface area (Å²) in [6.45, 7) is 1.77. The van der Waals surface area contributed by atoms with Crippen LogP contribution in [0, 0.1) is 6.92 Å². The van der Waals surface area contributed by atoms with Crippen LogP contribution in [0.15, 0.2) is 57.9 Å². The lowest BCUT2D eigenvalue weighted by Gasteiger charge is -2.11. The number of methoxy groups -OCH3 is 1. The van der Waals surface area contributed by atoms with Crippen LogP contribution in [0.5, 0.6) is 5.75 Å². The number of carbonyl (C=O) groups excluding carboxylic acids is 1. The topological polar surface area (TPSA) is 98.5 Å². The van der Waals surface area contributed by atoms with Gasteiger partial charge in [0.05, 0.1) is 29.3 Å². The Kier molecular flexibility index (Phi) is 6.24. The molecule has 0 saturated heterocycles. The highest BCUT2D eigenvalue weighted by Gasteiger charge is 2.23. The molecule has 0 atom stereocenters. The zero-order valence-electron chi connectivity index (χ0n) is 15.8. The van der Waals surface area contributed by atoms with Crippen molar-refractivity contribution in [2.45, 2.75) is 18.2 Å². The van der Waals surface area contributed by atoms with Crippen molar-refractivity contribution in [3.8, 4) is 17.1 Å². The first kappa shape index (κ1) is 20.9. The Morgan fingerprint density at radius 1 is 1.21 bits per heavy atom.